The lowest BCUT2D eigenvalue weighted by Gasteiger charge is -2.33. The van der Waals surface area contributed by atoms with Crippen LogP contribution in [0.25, 0.3) is 0 Å². The standard InChI is InChI=1S/C22H28O8/c1-12(2)13-6-7-15-18(23)17(29-19(15)24)11-21(3,26)10-14-8-16(20(25)27-4)22(9-13,28-5)30-14/h7-8,10,13,17-18,23,26H,1,6,9,11H2,2-5H3/b14-10-,15-7-/t13-,17+,18-,21-,22+/m0/s1. The van der Waals surface area contributed by atoms with E-state index in [4.69, 9.17) is 18.9 Å². The van der Waals surface area contributed by atoms with Gasteiger partial charge < -0.3 is 29.2 Å². The van der Waals surface area contributed by atoms with E-state index in [1.165, 1.54) is 33.3 Å². The molecule has 0 aromatic carbocycles. The number of aliphatic hydroxyl groups is 2. The molecule has 8 heteroatoms. The fraction of sp³-hybridized carbons (Fsp3) is 0.545. The van der Waals surface area contributed by atoms with Gasteiger partial charge in [0.1, 0.15) is 23.5 Å². The molecule has 8 nitrogen and oxygen atoms in total. The smallest absolute Gasteiger partial charge is 0.340 e. The van der Waals surface area contributed by atoms with Gasteiger partial charge in [-0.25, -0.2) is 9.59 Å². The number of carbonyl (C=O) groups is 2. The fourth-order valence-electron chi connectivity index (χ4n) is 4.08. The Morgan fingerprint density at radius 2 is 2.03 bits per heavy atom. The molecule has 164 valence electrons. The number of hydrogen-bond acceptors (Lipinski definition) is 8. The molecular weight excluding hydrogens is 392 g/mol. The highest BCUT2D eigenvalue weighted by molar-refractivity contribution is 5.92. The van der Waals surface area contributed by atoms with Crippen LogP contribution in [0.4, 0.5) is 0 Å². The van der Waals surface area contributed by atoms with Gasteiger partial charge >= 0.3 is 11.9 Å². The number of esters is 2. The molecule has 1 fully saturated rings. The van der Waals surface area contributed by atoms with Crippen LogP contribution in [0.5, 0.6) is 0 Å². The van der Waals surface area contributed by atoms with Gasteiger partial charge in [-0.2, -0.15) is 0 Å². The molecule has 1 saturated heterocycles. The van der Waals surface area contributed by atoms with Crippen LogP contribution in [0, 0.1) is 5.92 Å². The lowest BCUT2D eigenvalue weighted by Crippen LogP contribution is -2.39. The van der Waals surface area contributed by atoms with E-state index in [1.54, 1.807) is 6.08 Å². The summed E-state index contributed by atoms with van der Waals surface area (Å²) in [5.74, 6) is -2.69. The second-order valence-electron chi connectivity index (χ2n) is 8.25. The number of fused-ring (bicyclic) bond motifs is 4. The van der Waals surface area contributed by atoms with Gasteiger partial charge in [0.15, 0.2) is 0 Å². The van der Waals surface area contributed by atoms with Gasteiger partial charge in [-0.3, -0.25) is 0 Å². The van der Waals surface area contributed by atoms with Crippen molar-refractivity contribution < 1.29 is 38.7 Å². The molecule has 0 aromatic heterocycles. The summed E-state index contributed by atoms with van der Waals surface area (Å²) in [5, 5.41) is 21.4. The second kappa shape index (κ2) is 8.02. The quantitative estimate of drug-likeness (QED) is 0.524. The molecule has 0 aromatic rings. The van der Waals surface area contributed by atoms with E-state index in [0.717, 1.165) is 5.57 Å². The number of carbonyl (C=O) groups excluding carboxylic acids is 2. The SMILES string of the molecule is C=C(C)[C@H]1C/C=C2\C(=O)O[C@H](C[C@@](C)(O)/C=C3/C=C(C(=O)OC)[C@@](OC)(C1)O3)[C@H]2O. The normalized spacial score (nSPS) is 39.6. The highest BCUT2D eigenvalue weighted by Gasteiger charge is 2.49. The molecule has 2 N–H and O–H groups in total. The summed E-state index contributed by atoms with van der Waals surface area (Å²) in [7, 11) is 2.69. The Hall–Kier alpha value is -2.42. The zero-order chi connectivity index (χ0) is 22.3. The highest BCUT2D eigenvalue weighted by Crippen LogP contribution is 2.43. The molecule has 3 aliphatic heterocycles. The molecule has 5 atom stereocenters. The molecule has 0 saturated carbocycles. The average molecular weight is 420 g/mol. The van der Waals surface area contributed by atoms with Crippen molar-refractivity contribution >= 4 is 11.9 Å². The summed E-state index contributed by atoms with van der Waals surface area (Å²) in [5.41, 5.74) is -0.399. The minimum Gasteiger partial charge on any atom is -0.465 e. The molecule has 0 radical (unpaired) electrons. The van der Waals surface area contributed by atoms with E-state index in [-0.39, 0.29) is 35.7 Å². The number of rotatable bonds is 3. The lowest BCUT2D eigenvalue weighted by molar-refractivity contribution is -0.178. The van der Waals surface area contributed by atoms with Gasteiger partial charge in [0.25, 0.3) is 0 Å². The van der Waals surface area contributed by atoms with Crippen molar-refractivity contribution in [3.63, 3.8) is 0 Å². The van der Waals surface area contributed by atoms with Crippen molar-refractivity contribution in [1.82, 2.24) is 0 Å². The first kappa shape index (κ1) is 22.3. The van der Waals surface area contributed by atoms with E-state index in [0.29, 0.717) is 6.42 Å². The van der Waals surface area contributed by atoms with Crippen LogP contribution in [0.15, 0.2) is 47.3 Å². The molecule has 3 heterocycles. The van der Waals surface area contributed by atoms with Gasteiger partial charge in [-0.05, 0) is 38.3 Å². The molecule has 0 aliphatic carbocycles. The van der Waals surface area contributed by atoms with Gasteiger partial charge in [-0.15, -0.1) is 0 Å². The van der Waals surface area contributed by atoms with E-state index in [9.17, 15) is 19.8 Å². The molecule has 4 bridgehead atoms. The highest BCUT2D eigenvalue weighted by atomic mass is 16.7. The van der Waals surface area contributed by atoms with E-state index >= 15 is 0 Å². The van der Waals surface area contributed by atoms with Crippen molar-refractivity contribution in [3.8, 4) is 0 Å². The largest absolute Gasteiger partial charge is 0.465 e. The Kier molecular flexibility index (Phi) is 5.95. The molecule has 0 amide bonds. The zero-order valence-corrected chi connectivity index (χ0v) is 17.6. The Bertz CT molecular complexity index is 849. The lowest BCUT2D eigenvalue weighted by atomic mass is 9.86. The first-order valence-electron chi connectivity index (χ1n) is 9.76. The van der Waals surface area contributed by atoms with E-state index in [1.807, 2.05) is 6.92 Å². The van der Waals surface area contributed by atoms with Crippen molar-refractivity contribution in [2.45, 2.75) is 56.7 Å². The van der Waals surface area contributed by atoms with Gasteiger partial charge in [-0.1, -0.05) is 18.2 Å². The first-order valence-corrected chi connectivity index (χ1v) is 9.76. The number of methoxy groups -OCH3 is 2. The molecule has 0 unspecified atom stereocenters. The van der Waals surface area contributed by atoms with Crippen molar-refractivity contribution in [2.75, 3.05) is 14.2 Å². The van der Waals surface area contributed by atoms with Crippen molar-refractivity contribution in [3.05, 3.63) is 47.3 Å². The third-order valence-corrected chi connectivity index (χ3v) is 5.78. The predicted molar refractivity (Wildman–Crippen MR) is 106 cm³/mol. The van der Waals surface area contributed by atoms with Crippen LogP contribution in [0.1, 0.15) is 33.1 Å². The van der Waals surface area contributed by atoms with Crippen LogP contribution < -0.4 is 0 Å². The molecule has 0 spiro atoms. The molecule has 3 aliphatic rings. The van der Waals surface area contributed by atoms with Crippen LogP contribution in [0.2, 0.25) is 0 Å². The van der Waals surface area contributed by atoms with Crippen molar-refractivity contribution in [2.24, 2.45) is 5.92 Å². The number of hydrogen-bond donors (Lipinski definition) is 2. The Morgan fingerprint density at radius 1 is 1.33 bits per heavy atom. The number of ether oxygens (including phenoxy) is 4. The van der Waals surface area contributed by atoms with Crippen LogP contribution in [0.3, 0.4) is 0 Å². The Balaban J connectivity index is 2.13. The maximum absolute atomic E-state index is 12.5. The van der Waals surface area contributed by atoms with Gasteiger partial charge in [0, 0.05) is 20.0 Å². The first-order chi connectivity index (χ1) is 14.0. The summed E-state index contributed by atoms with van der Waals surface area (Å²) in [4.78, 5) is 24.7. The fourth-order valence-corrected chi connectivity index (χ4v) is 4.08. The maximum Gasteiger partial charge on any atom is 0.340 e. The minimum absolute atomic E-state index is 0.0601. The third kappa shape index (κ3) is 4.08. The van der Waals surface area contributed by atoms with Crippen LogP contribution in [-0.2, 0) is 28.5 Å². The minimum atomic E-state index is -1.50. The van der Waals surface area contributed by atoms with Crippen molar-refractivity contribution in [1.29, 1.82) is 0 Å². The summed E-state index contributed by atoms with van der Waals surface area (Å²) in [6, 6.07) is 0. The zero-order valence-electron chi connectivity index (χ0n) is 17.6. The molecule has 3 rings (SSSR count). The van der Waals surface area contributed by atoms with E-state index in [2.05, 4.69) is 6.58 Å². The predicted octanol–water partition coefficient (Wildman–Crippen LogP) is 1.68. The van der Waals surface area contributed by atoms with Gasteiger partial charge in [0.05, 0.1) is 18.3 Å². The maximum atomic E-state index is 12.5. The van der Waals surface area contributed by atoms with Crippen LogP contribution >= 0.6 is 0 Å². The topological polar surface area (TPSA) is 112 Å². The average Bonchev–Trinajstić information content (AvgIpc) is 3.14. The summed E-state index contributed by atoms with van der Waals surface area (Å²) < 4.78 is 21.9. The number of aliphatic hydroxyl groups excluding tert-OH is 1. The van der Waals surface area contributed by atoms with E-state index < -0.39 is 35.5 Å². The molecular formula is C22H28O8. The number of allylic oxidation sites excluding steroid dienone is 3. The summed E-state index contributed by atoms with van der Waals surface area (Å²) >= 11 is 0. The van der Waals surface area contributed by atoms with Gasteiger partial charge in [0.2, 0.25) is 5.79 Å². The Morgan fingerprint density at radius 3 is 2.63 bits per heavy atom. The summed E-state index contributed by atoms with van der Waals surface area (Å²) in [6.07, 6.45) is 2.94. The van der Waals surface area contributed by atoms with Crippen LogP contribution in [-0.4, -0.2) is 60.0 Å². The Labute approximate surface area is 175 Å². The second-order valence-corrected chi connectivity index (χ2v) is 8.25. The third-order valence-electron chi connectivity index (χ3n) is 5.78. The summed E-state index contributed by atoms with van der Waals surface area (Å²) in [6.45, 7) is 7.35. The monoisotopic (exact) mass is 420 g/mol. The molecule has 30 heavy (non-hydrogen) atoms.